The summed E-state index contributed by atoms with van der Waals surface area (Å²) in [6.45, 7) is 2.28. The molecule has 1 saturated carbocycles. The molecule has 0 aromatic rings. The molecular formula is C9H16N4S. The predicted octanol–water partition coefficient (Wildman–Crippen LogP) is 0.434. The minimum atomic E-state index is 0.252. The maximum Gasteiger partial charge on any atom is 0.184 e. The maximum absolute atomic E-state index is 5.30. The van der Waals surface area contributed by atoms with E-state index >= 15 is 0 Å². The third kappa shape index (κ3) is 2.65. The zero-order valence-corrected chi connectivity index (χ0v) is 9.02. The fraction of sp³-hybridized carbons (Fsp3) is 0.778. The molecule has 0 aromatic heterocycles. The number of hydrogen-bond acceptors (Lipinski definition) is 3. The van der Waals surface area contributed by atoms with E-state index in [0.717, 1.165) is 32.0 Å². The fourth-order valence-electron chi connectivity index (χ4n) is 1.83. The van der Waals surface area contributed by atoms with E-state index in [1.807, 2.05) is 0 Å². The average Bonchev–Trinajstić information content (AvgIpc) is 2.99. The lowest BCUT2D eigenvalue weighted by Gasteiger charge is -2.27. The third-order valence-corrected chi connectivity index (χ3v) is 2.85. The normalized spacial score (nSPS) is 23.3. The Morgan fingerprint density at radius 2 is 2.07 bits per heavy atom. The Labute approximate surface area is 89.5 Å². The van der Waals surface area contributed by atoms with Gasteiger partial charge in [-0.25, -0.2) is 0 Å². The van der Waals surface area contributed by atoms with Crippen LogP contribution < -0.4 is 11.2 Å². The standard InChI is InChI=1S/C9H16N4S/c10-9(14)12-11-7-3-5-13(6-4-7)8-1-2-8/h8H,1-6H2,(H3,10,12,14). The molecule has 14 heavy (non-hydrogen) atoms. The molecule has 1 saturated heterocycles. The van der Waals surface area contributed by atoms with Gasteiger partial charge in [-0.15, -0.1) is 0 Å². The fourth-order valence-corrected chi connectivity index (χ4v) is 1.88. The lowest BCUT2D eigenvalue weighted by Crippen LogP contribution is -2.36. The Morgan fingerprint density at radius 3 is 2.57 bits per heavy atom. The van der Waals surface area contributed by atoms with E-state index in [9.17, 15) is 0 Å². The molecule has 1 aliphatic carbocycles. The Morgan fingerprint density at radius 1 is 1.43 bits per heavy atom. The number of hydrogen-bond donors (Lipinski definition) is 2. The molecule has 3 N–H and O–H groups in total. The van der Waals surface area contributed by atoms with Gasteiger partial charge in [0.1, 0.15) is 0 Å². The van der Waals surface area contributed by atoms with Crippen molar-refractivity contribution in [2.24, 2.45) is 10.8 Å². The Hall–Kier alpha value is -0.680. The molecule has 1 aliphatic heterocycles. The number of nitrogens with one attached hydrogen (secondary N) is 1. The monoisotopic (exact) mass is 212 g/mol. The SMILES string of the molecule is NC(=S)NN=C1CCN(C2CC2)CC1. The van der Waals surface area contributed by atoms with E-state index in [2.05, 4.69) is 27.6 Å². The van der Waals surface area contributed by atoms with Gasteiger partial charge in [0, 0.05) is 37.7 Å². The smallest absolute Gasteiger partial charge is 0.184 e. The summed E-state index contributed by atoms with van der Waals surface area (Å²) in [5, 5.41) is 4.42. The van der Waals surface area contributed by atoms with Crippen LogP contribution >= 0.6 is 12.2 Å². The Bertz CT molecular complexity index is 250. The molecule has 0 radical (unpaired) electrons. The summed E-state index contributed by atoms with van der Waals surface area (Å²) in [5.41, 5.74) is 9.14. The number of hydrazone groups is 1. The molecule has 78 valence electrons. The second-order valence-electron chi connectivity index (χ2n) is 3.92. The van der Waals surface area contributed by atoms with Crippen LogP contribution in [0, 0.1) is 0 Å². The first-order chi connectivity index (χ1) is 6.75. The molecule has 5 heteroatoms. The number of thiocarbonyl (C=S) groups is 1. The number of likely N-dealkylation sites (tertiary alicyclic amines) is 1. The van der Waals surface area contributed by atoms with Gasteiger partial charge in [-0.05, 0) is 25.1 Å². The molecule has 0 bridgehead atoms. The zero-order chi connectivity index (χ0) is 9.97. The first-order valence-electron chi connectivity index (χ1n) is 5.10. The Kier molecular flexibility index (Phi) is 2.98. The van der Waals surface area contributed by atoms with Crippen LogP contribution in [0.4, 0.5) is 0 Å². The van der Waals surface area contributed by atoms with E-state index in [4.69, 9.17) is 5.73 Å². The summed E-state index contributed by atoms with van der Waals surface area (Å²) in [6, 6.07) is 0.875. The van der Waals surface area contributed by atoms with Crippen LogP contribution in [0.15, 0.2) is 5.10 Å². The number of nitrogens with two attached hydrogens (primary N) is 1. The summed E-state index contributed by atoms with van der Waals surface area (Å²) in [6.07, 6.45) is 4.87. The quantitative estimate of drug-likeness (QED) is 0.515. The first kappa shape index (κ1) is 9.86. The van der Waals surface area contributed by atoms with Crippen LogP contribution in [0.25, 0.3) is 0 Å². The van der Waals surface area contributed by atoms with E-state index in [1.165, 1.54) is 18.6 Å². The van der Waals surface area contributed by atoms with Crippen molar-refractivity contribution in [3.63, 3.8) is 0 Å². The zero-order valence-electron chi connectivity index (χ0n) is 8.20. The van der Waals surface area contributed by atoms with Crippen molar-refractivity contribution in [1.29, 1.82) is 0 Å². The van der Waals surface area contributed by atoms with Gasteiger partial charge in [-0.1, -0.05) is 0 Å². The lowest BCUT2D eigenvalue weighted by atomic mass is 10.1. The van der Waals surface area contributed by atoms with Gasteiger partial charge in [-0.2, -0.15) is 5.10 Å². The van der Waals surface area contributed by atoms with Crippen molar-refractivity contribution in [2.45, 2.75) is 31.7 Å². The average molecular weight is 212 g/mol. The minimum absolute atomic E-state index is 0.252. The van der Waals surface area contributed by atoms with Crippen molar-refractivity contribution in [3.05, 3.63) is 0 Å². The molecule has 1 heterocycles. The second kappa shape index (κ2) is 4.23. The van der Waals surface area contributed by atoms with Gasteiger partial charge in [0.05, 0.1) is 0 Å². The Balaban J connectivity index is 1.76. The molecule has 0 aromatic carbocycles. The second-order valence-corrected chi connectivity index (χ2v) is 4.36. The van der Waals surface area contributed by atoms with Gasteiger partial charge < -0.3 is 5.73 Å². The van der Waals surface area contributed by atoms with Crippen molar-refractivity contribution in [3.8, 4) is 0 Å². The van der Waals surface area contributed by atoms with E-state index in [1.54, 1.807) is 0 Å². The highest BCUT2D eigenvalue weighted by atomic mass is 32.1. The highest BCUT2D eigenvalue weighted by Crippen LogP contribution is 2.28. The summed E-state index contributed by atoms with van der Waals surface area (Å²) < 4.78 is 0. The number of rotatable bonds is 2. The van der Waals surface area contributed by atoms with Gasteiger partial charge in [0.2, 0.25) is 0 Å². The third-order valence-electron chi connectivity index (χ3n) is 2.76. The van der Waals surface area contributed by atoms with E-state index < -0.39 is 0 Å². The van der Waals surface area contributed by atoms with Crippen LogP contribution in [-0.2, 0) is 0 Å². The van der Waals surface area contributed by atoms with Crippen molar-refractivity contribution in [1.82, 2.24) is 10.3 Å². The van der Waals surface area contributed by atoms with Crippen LogP contribution in [0.3, 0.4) is 0 Å². The van der Waals surface area contributed by atoms with Crippen molar-refractivity contribution in [2.75, 3.05) is 13.1 Å². The summed E-state index contributed by atoms with van der Waals surface area (Å²) in [5.74, 6) is 0. The minimum Gasteiger partial charge on any atom is -0.375 e. The van der Waals surface area contributed by atoms with Gasteiger partial charge in [0.25, 0.3) is 0 Å². The van der Waals surface area contributed by atoms with Gasteiger partial charge >= 0.3 is 0 Å². The van der Waals surface area contributed by atoms with Crippen LogP contribution in [0.5, 0.6) is 0 Å². The molecular weight excluding hydrogens is 196 g/mol. The topological polar surface area (TPSA) is 53.6 Å². The summed E-state index contributed by atoms with van der Waals surface area (Å²) in [7, 11) is 0. The van der Waals surface area contributed by atoms with Crippen LogP contribution in [0.1, 0.15) is 25.7 Å². The maximum atomic E-state index is 5.30. The molecule has 4 nitrogen and oxygen atoms in total. The summed E-state index contributed by atoms with van der Waals surface area (Å²) >= 11 is 4.69. The lowest BCUT2D eigenvalue weighted by molar-refractivity contribution is 0.264. The number of piperidine rings is 1. The molecule has 0 spiro atoms. The highest BCUT2D eigenvalue weighted by Gasteiger charge is 2.30. The first-order valence-corrected chi connectivity index (χ1v) is 5.51. The predicted molar refractivity (Wildman–Crippen MR) is 61.2 cm³/mol. The molecule has 0 atom stereocenters. The van der Waals surface area contributed by atoms with Gasteiger partial charge in [-0.3, -0.25) is 10.3 Å². The van der Waals surface area contributed by atoms with Crippen LogP contribution in [0.2, 0.25) is 0 Å². The van der Waals surface area contributed by atoms with Crippen molar-refractivity contribution < 1.29 is 0 Å². The molecule has 0 unspecified atom stereocenters. The summed E-state index contributed by atoms with van der Waals surface area (Å²) in [4.78, 5) is 2.56. The van der Waals surface area contributed by atoms with E-state index in [0.29, 0.717) is 0 Å². The molecule has 2 fully saturated rings. The largest absolute Gasteiger partial charge is 0.375 e. The van der Waals surface area contributed by atoms with Crippen LogP contribution in [-0.4, -0.2) is 34.9 Å². The van der Waals surface area contributed by atoms with Crippen molar-refractivity contribution >= 4 is 23.0 Å². The van der Waals surface area contributed by atoms with E-state index in [-0.39, 0.29) is 5.11 Å². The molecule has 2 aliphatic rings. The number of nitrogens with zero attached hydrogens (tertiary/aromatic N) is 2. The highest BCUT2D eigenvalue weighted by molar-refractivity contribution is 7.80. The molecule has 2 rings (SSSR count). The molecule has 0 amide bonds. The van der Waals surface area contributed by atoms with Gasteiger partial charge in [0.15, 0.2) is 5.11 Å².